The number of amides is 1. The molecule has 0 spiro atoms. The second-order valence-electron chi connectivity index (χ2n) is 3.81. The van der Waals surface area contributed by atoms with Gasteiger partial charge in [0, 0.05) is 0 Å². The van der Waals surface area contributed by atoms with E-state index in [0.717, 1.165) is 12.8 Å². The van der Waals surface area contributed by atoms with Crippen LogP contribution in [0.3, 0.4) is 0 Å². The van der Waals surface area contributed by atoms with Crippen molar-refractivity contribution in [3.05, 3.63) is 29.8 Å². The lowest BCUT2D eigenvalue weighted by Crippen LogP contribution is -2.32. The van der Waals surface area contributed by atoms with Gasteiger partial charge in [0.1, 0.15) is 5.75 Å². The van der Waals surface area contributed by atoms with Crippen LogP contribution in [-0.2, 0) is 11.2 Å². The first kappa shape index (κ1) is 12.6. The van der Waals surface area contributed by atoms with E-state index in [-0.39, 0.29) is 0 Å². The number of hydrogen-bond acceptors (Lipinski definition) is 2. The minimum Gasteiger partial charge on any atom is -0.481 e. The van der Waals surface area contributed by atoms with E-state index in [1.165, 1.54) is 5.56 Å². The maximum atomic E-state index is 11.0. The fraction of sp³-hybridized carbons (Fsp3) is 0.462. The molecular weight excluding hydrogens is 202 g/mol. The van der Waals surface area contributed by atoms with Gasteiger partial charge in [0.25, 0.3) is 5.91 Å². The molecule has 16 heavy (non-hydrogen) atoms. The topological polar surface area (TPSA) is 52.3 Å². The Kier molecular flexibility index (Phi) is 4.83. The van der Waals surface area contributed by atoms with Gasteiger partial charge in [0.2, 0.25) is 0 Å². The third-order valence-corrected chi connectivity index (χ3v) is 2.43. The van der Waals surface area contributed by atoms with E-state index in [1.807, 2.05) is 31.2 Å². The van der Waals surface area contributed by atoms with Crippen LogP contribution in [0.2, 0.25) is 0 Å². The Morgan fingerprint density at radius 3 is 2.38 bits per heavy atom. The summed E-state index contributed by atoms with van der Waals surface area (Å²) < 4.78 is 5.48. The Morgan fingerprint density at radius 1 is 1.31 bits per heavy atom. The largest absolute Gasteiger partial charge is 0.481 e. The van der Waals surface area contributed by atoms with Crippen molar-refractivity contribution in [3.8, 4) is 5.75 Å². The molecule has 0 radical (unpaired) electrons. The van der Waals surface area contributed by atoms with Gasteiger partial charge < -0.3 is 10.5 Å². The highest BCUT2D eigenvalue weighted by Crippen LogP contribution is 2.15. The highest BCUT2D eigenvalue weighted by molar-refractivity contribution is 5.79. The van der Waals surface area contributed by atoms with E-state index < -0.39 is 12.0 Å². The lowest BCUT2D eigenvalue weighted by molar-refractivity contribution is -0.124. The normalized spacial score (nSPS) is 12.1. The molecule has 1 unspecified atom stereocenters. The van der Waals surface area contributed by atoms with Gasteiger partial charge in [0.15, 0.2) is 6.10 Å². The smallest absolute Gasteiger partial charge is 0.258 e. The molecule has 0 fully saturated rings. The zero-order chi connectivity index (χ0) is 12.0. The van der Waals surface area contributed by atoms with Crippen LogP contribution in [0.4, 0.5) is 0 Å². The van der Waals surface area contributed by atoms with Gasteiger partial charge in [-0.1, -0.05) is 32.4 Å². The van der Waals surface area contributed by atoms with Crippen molar-refractivity contribution in [1.82, 2.24) is 0 Å². The molecule has 3 nitrogen and oxygen atoms in total. The van der Waals surface area contributed by atoms with Crippen molar-refractivity contribution in [1.29, 1.82) is 0 Å². The van der Waals surface area contributed by atoms with Crippen molar-refractivity contribution in [2.24, 2.45) is 5.73 Å². The molecule has 2 N–H and O–H groups in total. The third kappa shape index (κ3) is 3.57. The van der Waals surface area contributed by atoms with Crippen molar-refractivity contribution in [3.63, 3.8) is 0 Å². The number of carbonyl (C=O) groups is 1. The summed E-state index contributed by atoms with van der Waals surface area (Å²) >= 11 is 0. The summed E-state index contributed by atoms with van der Waals surface area (Å²) in [7, 11) is 0. The summed E-state index contributed by atoms with van der Waals surface area (Å²) in [5, 5.41) is 0. The van der Waals surface area contributed by atoms with Crippen LogP contribution >= 0.6 is 0 Å². The Bertz CT molecular complexity index is 332. The maximum Gasteiger partial charge on any atom is 0.258 e. The Balaban J connectivity index is 2.63. The Morgan fingerprint density at radius 2 is 1.94 bits per heavy atom. The molecule has 1 atom stereocenters. The molecule has 0 heterocycles. The zero-order valence-corrected chi connectivity index (χ0v) is 9.90. The summed E-state index contributed by atoms with van der Waals surface area (Å²) in [5.74, 6) is 0.283. The number of hydrogen-bond donors (Lipinski definition) is 1. The molecule has 0 aliphatic carbocycles. The van der Waals surface area contributed by atoms with Crippen LogP contribution < -0.4 is 10.5 Å². The average molecular weight is 221 g/mol. The summed E-state index contributed by atoms with van der Waals surface area (Å²) in [4.78, 5) is 11.0. The molecule has 1 amide bonds. The molecule has 1 aromatic rings. The molecule has 0 aliphatic heterocycles. The standard InChI is InChI=1S/C13H19NO2/c1-3-5-10-6-8-11(9-7-10)16-12(4-2)13(14)15/h6-9,12H,3-5H2,1-2H3,(H2,14,15). The maximum absolute atomic E-state index is 11.0. The van der Waals surface area contributed by atoms with Crippen molar-refractivity contribution in [2.75, 3.05) is 0 Å². The molecule has 88 valence electrons. The lowest BCUT2D eigenvalue weighted by Gasteiger charge is -2.14. The van der Waals surface area contributed by atoms with Crippen LogP contribution in [0.25, 0.3) is 0 Å². The van der Waals surface area contributed by atoms with E-state index in [9.17, 15) is 4.79 Å². The zero-order valence-electron chi connectivity index (χ0n) is 9.90. The van der Waals surface area contributed by atoms with Crippen molar-refractivity contribution >= 4 is 5.91 Å². The summed E-state index contributed by atoms with van der Waals surface area (Å²) in [6.07, 6.45) is 2.25. The molecular formula is C13H19NO2. The first-order valence-electron chi connectivity index (χ1n) is 5.72. The second-order valence-corrected chi connectivity index (χ2v) is 3.81. The first-order valence-corrected chi connectivity index (χ1v) is 5.72. The van der Waals surface area contributed by atoms with Gasteiger partial charge in [-0.25, -0.2) is 0 Å². The van der Waals surface area contributed by atoms with Crippen LogP contribution in [0, 0.1) is 0 Å². The minimum absolute atomic E-state index is 0.417. The average Bonchev–Trinajstić information content (AvgIpc) is 2.28. The number of rotatable bonds is 6. The van der Waals surface area contributed by atoms with Gasteiger partial charge >= 0.3 is 0 Å². The van der Waals surface area contributed by atoms with Crippen LogP contribution in [-0.4, -0.2) is 12.0 Å². The van der Waals surface area contributed by atoms with Gasteiger partial charge in [-0.05, 0) is 30.5 Å². The number of primary amides is 1. The molecule has 0 saturated carbocycles. The van der Waals surface area contributed by atoms with Crippen LogP contribution in [0.5, 0.6) is 5.75 Å². The van der Waals surface area contributed by atoms with Crippen LogP contribution in [0.1, 0.15) is 32.3 Å². The molecule has 1 aromatic carbocycles. The van der Waals surface area contributed by atoms with Crippen molar-refractivity contribution in [2.45, 2.75) is 39.2 Å². The van der Waals surface area contributed by atoms with E-state index >= 15 is 0 Å². The molecule has 0 aromatic heterocycles. The number of carbonyl (C=O) groups excluding carboxylic acids is 1. The molecule has 0 aliphatic rings. The molecule has 0 saturated heterocycles. The first-order chi connectivity index (χ1) is 7.67. The van der Waals surface area contributed by atoms with E-state index in [1.54, 1.807) is 0 Å². The number of nitrogens with two attached hydrogens (primary N) is 1. The van der Waals surface area contributed by atoms with Gasteiger partial charge in [-0.15, -0.1) is 0 Å². The van der Waals surface area contributed by atoms with E-state index in [2.05, 4.69) is 6.92 Å². The molecule has 0 bridgehead atoms. The third-order valence-electron chi connectivity index (χ3n) is 2.43. The van der Waals surface area contributed by atoms with Crippen LogP contribution in [0.15, 0.2) is 24.3 Å². The fourth-order valence-electron chi connectivity index (χ4n) is 1.53. The fourth-order valence-corrected chi connectivity index (χ4v) is 1.53. The van der Waals surface area contributed by atoms with Gasteiger partial charge in [0.05, 0.1) is 0 Å². The quantitative estimate of drug-likeness (QED) is 0.801. The highest BCUT2D eigenvalue weighted by atomic mass is 16.5. The second kappa shape index (κ2) is 6.16. The predicted octanol–water partition coefficient (Wildman–Crippen LogP) is 2.28. The number of aryl methyl sites for hydroxylation is 1. The van der Waals surface area contributed by atoms with E-state index in [0.29, 0.717) is 12.2 Å². The highest BCUT2D eigenvalue weighted by Gasteiger charge is 2.13. The number of ether oxygens (including phenoxy) is 1. The summed E-state index contributed by atoms with van der Waals surface area (Å²) in [6, 6.07) is 7.81. The molecule has 3 heteroatoms. The van der Waals surface area contributed by atoms with Crippen molar-refractivity contribution < 1.29 is 9.53 Å². The minimum atomic E-state index is -0.531. The Hall–Kier alpha value is -1.51. The SMILES string of the molecule is CCCc1ccc(OC(CC)C(N)=O)cc1. The van der Waals surface area contributed by atoms with Gasteiger partial charge in [-0.2, -0.15) is 0 Å². The van der Waals surface area contributed by atoms with E-state index in [4.69, 9.17) is 10.5 Å². The summed E-state index contributed by atoms with van der Waals surface area (Å²) in [6.45, 7) is 4.02. The predicted molar refractivity (Wildman–Crippen MR) is 64.3 cm³/mol. The Labute approximate surface area is 96.6 Å². The van der Waals surface area contributed by atoms with Gasteiger partial charge in [-0.3, -0.25) is 4.79 Å². The lowest BCUT2D eigenvalue weighted by atomic mass is 10.1. The monoisotopic (exact) mass is 221 g/mol. The summed E-state index contributed by atoms with van der Waals surface area (Å²) in [5.41, 5.74) is 6.49. The molecule has 1 rings (SSSR count). The number of benzene rings is 1.